The van der Waals surface area contributed by atoms with Crippen LogP contribution in [0, 0.1) is 13.8 Å². The predicted molar refractivity (Wildman–Crippen MR) is 78.3 cm³/mol. The Morgan fingerprint density at radius 2 is 1.68 bits per heavy atom. The van der Waals surface area contributed by atoms with Gasteiger partial charge in [-0.3, -0.25) is 9.59 Å². The molecule has 0 atom stereocenters. The third-order valence-corrected chi connectivity index (χ3v) is 3.26. The zero-order valence-electron chi connectivity index (χ0n) is 11.1. The maximum Gasteiger partial charge on any atom is 0.303 e. The van der Waals surface area contributed by atoms with Gasteiger partial charge >= 0.3 is 5.97 Å². The molecule has 0 spiro atoms. The molecule has 104 valence electrons. The number of carbonyl (C=O) groups is 2. The molecule has 1 amide bonds. The van der Waals surface area contributed by atoms with Crippen LogP contribution in [-0.2, 0) is 9.59 Å². The number of anilines is 1. The lowest BCUT2D eigenvalue weighted by Gasteiger charge is -2.12. The van der Waals surface area contributed by atoms with Gasteiger partial charge in [-0.1, -0.05) is 15.9 Å². The lowest BCUT2D eigenvalue weighted by Crippen LogP contribution is -2.13. The Hall–Kier alpha value is -1.36. The summed E-state index contributed by atoms with van der Waals surface area (Å²) in [7, 11) is 0. The Morgan fingerprint density at radius 3 is 2.21 bits per heavy atom. The number of nitrogens with one attached hydrogen (secondary N) is 1. The van der Waals surface area contributed by atoms with Crippen LogP contribution in [0.1, 0.15) is 36.8 Å². The smallest absolute Gasteiger partial charge is 0.303 e. The lowest BCUT2D eigenvalue weighted by molar-refractivity contribution is -0.137. The summed E-state index contributed by atoms with van der Waals surface area (Å²) in [5, 5.41) is 11.4. The van der Waals surface area contributed by atoms with E-state index in [0.29, 0.717) is 19.3 Å². The number of aryl methyl sites for hydroxylation is 2. The van der Waals surface area contributed by atoms with Crippen molar-refractivity contribution in [2.75, 3.05) is 5.32 Å². The van der Waals surface area contributed by atoms with Crippen LogP contribution in [0.3, 0.4) is 0 Å². The van der Waals surface area contributed by atoms with Crippen molar-refractivity contribution in [2.24, 2.45) is 0 Å². The number of aliphatic carboxylic acids is 1. The van der Waals surface area contributed by atoms with Crippen LogP contribution in [0.4, 0.5) is 5.69 Å². The van der Waals surface area contributed by atoms with Crippen molar-refractivity contribution < 1.29 is 14.7 Å². The van der Waals surface area contributed by atoms with E-state index in [-0.39, 0.29) is 12.3 Å². The molecule has 0 radical (unpaired) electrons. The topological polar surface area (TPSA) is 66.4 Å². The molecular weight excluding hydrogens is 310 g/mol. The van der Waals surface area contributed by atoms with Crippen molar-refractivity contribution in [3.8, 4) is 0 Å². The van der Waals surface area contributed by atoms with Crippen molar-refractivity contribution >= 4 is 33.5 Å². The van der Waals surface area contributed by atoms with E-state index in [1.54, 1.807) is 0 Å². The zero-order chi connectivity index (χ0) is 14.4. The molecule has 0 aliphatic rings. The van der Waals surface area contributed by atoms with Gasteiger partial charge in [0, 0.05) is 23.0 Å². The molecule has 0 aliphatic carbocycles. The Labute approximate surface area is 121 Å². The van der Waals surface area contributed by atoms with Gasteiger partial charge in [-0.15, -0.1) is 0 Å². The monoisotopic (exact) mass is 327 g/mol. The van der Waals surface area contributed by atoms with E-state index in [9.17, 15) is 9.59 Å². The number of unbranched alkanes of at least 4 members (excludes halogenated alkanes) is 1. The molecule has 0 aromatic heterocycles. The molecule has 4 nitrogen and oxygen atoms in total. The van der Waals surface area contributed by atoms with Crippen molar-refractivity contribution in [1.29, 1.82) is 0 Å². The molecule has 1 rings (SSSR count). The highest BCUT2D eigenvalue weighted by Crippen LogP contribution is 2.25. The largest absolute Gasteiger partial charge is 0.481 e. The molecule has 0 bridgehead atoms. The second-order valence-corrected chi connectivity index (χ2v) is 5.48. The molecule has 5 heteroatoms. The minimum atomic E-state index is -0.819. The molecule has 0 saturated heterocycles. The van der Waals surface area contributed by atoms with Gasteiger partial charge < -0.3 is 10.4 Å². The van der Waals surface area contributed by atoms with E-state index >= 15 is 0 Å². The SMILES string of the molecule is Cc1cc(Br)cc(C)c1NC(=O)CCCCC(=O)O. The molecule has 0 aliphatic heterocycles. The molecule has 0 unspecified atom stereocenters. The number of hydrogen-bond donors (Lipinski definition) is 2. The molecule has 1 aromatic rings. The van der Waals surface area contributed by atoms with Crippen LogP contribution in [0.15, 0.2) is 16.6 Å². The van der Waals surface area contributed by atoms with Crippen molar-refractivity contribution in [1.82, 2.24) is 0 Å². The quantitative estimate of drug-likeness (QED) is 0.784. The molecule has 0 heterocycles. The highest BCUT2D eigenvalue weighted by atomic mass is 79.9. The van der Waals surface area contributed by atoms with Crippen LogP contribution in [0.25, 0.3) is 0 Å². The minimum Gasteiger partial charge on any atom is -0.481 e. The Balaban J connectivity index is 2.51. The lowest BCUT2D eigenvalue weighted by atomic mass is 10.1. The van der Waals surface area contributed by atoms with Gasteiger partial charge in [0.2, 0.25) is 5.91 Å². The first-order valence-electron chi connectivity index (χ1n) is 6.18. The molecule has 0 saturated carbocycles. The van der Waals surface area contributed by atoms with E-state index in [4.69, 9.17) is 5.11 Å². The van der Waals surface area contributed by atoms with Crippen LogP contribution >= 0.6 is 15.9 Å². The first-order chi connectivity index (χ1) is 8.90. The summed E-state index contributed by atoms with van der Waals surface area (Å²) in [5.74, 6) is -0.890. The number of benzene rings is 1. The van der Waals surface area contributed by atoms with Gasteiger partial charge in [-0.05, 0) is 49.9 Å². The summed E-state index contributed by atoms with van der Waals surface area (Å²) < 4.78 is 0.988. The van der Waals surface area contributed by atoms with Crippen LogP contribution in [0.2, 0.25) is 0 Å². The number of carbonyl (C=O) groups excluding carboxylic acids is 1. The van der Waals surface area contributed by atoms with E-state index in [0.717, 1.165) is 21.3 Å². The van der Waals surface area contributed by atoms with Gasteiger partial charge in [0.15, 0.2) is 0 Å². The number of carboxylic acids is 1. The minimum absolute atomic E-state index is 0.0705. The second kappa shape index (κ2) is 7.28. The molecule has 0 fully saturated rings. The first-order valence-corrected chi connectivity index (χ1v) is 6.98. The van der Waals surface area contributed by atoms with Gasteiger partial charge in [0.1, 0.15) is 0 Å². The second-order valence-electron chi connectivity index (χ2n) is 4.56. The fourth-order valence-corrected chi connectivity index (χ4v) is 2.56. The van der Waals surface area contributed by atoms with Crippen LogP contribution in [0.5, 0.6) is 0 Å². The van der Waals surface area contributed by atoms with Gasteiger partial charge in [0.05, 0.1) is 0 Å². The first kappa shape index (κ1) is 15.7. The normalized spacial score (nSPS) is 10.3. The summed E-state index contributed by atoms with van der Waals surface area (Å²) in [6.07, 6.45) is 1.58. The summed E-state index contributed by atoms with van der Waals surface area (Å²) in [5.41, 5.74) is 2.85. The fourth-order valence-electron chi connectivity index (χ4n) is 1.87. The van der Waals surface area contributed by atoms with Crippen LogP contribution in [-0.4, -0.2) is 17.0 Å². The standard InChI is InChI=1S/C14H18BrNO3/c1-9-7-11(15)8-10(2)14(9)16-12(17)5-3-4-6-13(18)19/h7-8H,3-6H2,1-2H3,(H,16,17)(H,18,19). The van der Waals surface area contributed by atoms with E-state index in [1.165, 1.54) is 0 Å². The third kappa shape index (κ3) is 5.42. The van der Waals surface area contributed by atoms with Gasteiger partial charge in [-0.25, -0.2) is 0 Å². The number of carboxylic acid groups (broad SMARTS) is 1. The van der Waals surface area contributed by atoms with Crippen LogP contribution < -0.4 is 5.32 Å². The average molecular weight is 328 g/mol. The van der Waals surface area contributed by atoms with E-state index < -0.39 is 5.97 Å². The number of rotatable bonds is 6. The Kier molecular flexibility index (Phi) is 6.02. The fraction of sp³-hybridized carbons (Fsp3) is 0.429. The summed E-state index contributed by atoms with van der Waals surface area (Å²) in [6, 6.07) is 3.90. The van der Waals surface area contributed by atoms with Crippen molar-refractivity contribution in [3.05, 3.63) is 27.7 Å². The van der Waals surface area contributed by atoms with E-state index in [1.807, 2.05) is 26.0 Å². The third-order valence-electron chi connectivity index (χ3n) is 2.81. The maximum absolute atomic E-state index is 11.8. The number of hydrogen-bond acceptors (Lipinski definition) is 2. The summed E-state index contributed by atoms with van der Waals surface area (Å²) in [4.78, 5) is 22.1. The molecular formula is C14H18BrNO3. The zero-order valence-corrected chi connectivity index (χ0v) is 12.7. The Morgan fingerprint density at radius 1 is 1.16 bits per heavy atom. The summed E-state index contributed by atoms with van der Waals surface area (Å²) >= 11 is 3.41. The van der Waals surface area contributed by atoms with Gasteiger partial charge in [-0.2, -0.15) is 0 Å². The molecule has 1 aromatic carbocycles. The highest BCUT2D eigenvalue weighted by Gasteiger charge is 2.08. The molecule has 19 heavy (non-hydrogen) atoms. The summed E-state index contributed by atoms with van der Waals surface area (Å²) in [6.45, 7) is 3.88. The predicted octanol–water partition coefficient (Wildman–Crippen LogP) is 3.65. The number of halogens is 1. The Bertz CT molecular complexity index is 463. The average Bonchev–Trinajstić information content (AvgIpc) is 2.29. The number of amides is 1. The van der Waals surface area contributed by atoms with Gasteiger partial charge in [0.25, 0.3) is 0 Å². The maximum atomic E-state index is 11.8. The van der Waals surface area contributed by atoms with Crippen molar-refractivity contribution in [2.45, 2.75) is 39.5 Å². The molecule has 2 N–H and O–H groups in total. The highest BCUT2D eigenvalue weighted by molar-refractivity contribution is 9.10. The van der Waals surface area contributed by atoms with E-state index in [2.05, 4.69) is 21.2 Å². The van der Waals surface area contributed by atoms with Crippen molar-refractivity contribution in [3.63, 3.8) is 0 Å².